The van der Waals surface area contributed by atoms with Crippen LogP contribution in [0, 0.1) is 12.8 Å². The highest BCUT2D eigenvalue weighted by Crippen LogP contribution is 2.34. The quantitative estimate of drug-likeness (QED) is 0.837. The lowest BCUT2D eigenvalue weighted by molar-refractivity contribution is 0.0842. The van der Waals surface area contributed by atoms with Gasteiger partial charge in [-0.1, -0.05) is 0 Å². The van der Waals surface area contributed by atoms with Crippen molar-refractivity contribution in [1.29, 1.82) is 0 Å². The highest BCUT2D eigenvalue weighted by Gasteiger charge is 2.33. The van der Waals surface area contributed by atoms with Crippen LogP contribution < -0.4 is 4.72 Å². The van der Waals surface area contributed by atoms with E-state index in [0.717, 1.165) is 18.7 Å². The molecule has 0 aromatic carbocycles. The molecule has 0 aliphatic carbocycles. The van der Waals surface area contributed by atoms with E-state index in [2.05, 4.69) is 14.8 Å². The van der Waals surface area contributed by atoms with Crippen molar-refractivity contribution in [3.8, 4) is 0 Å². The van der Waals surface area contributed by atoms with Gasteiger partial charge in [0.1, 0.15) is 11.9 Å². The van der Waals surface area contributed by atoms with Crippen LogP contribution >= 0.6 is 0 Å². The lowest BCUT2D eigenvalue weighted by Crippen LogP contribution is -2.31. The summed E-state index contributed by atoms with van der Waals surface area (Å²) in [6.45, 7) is 5.48. The number of aromatic nitrogens is 4. The van der Waals surface area contributed by atoms with E-state index in [1.165, 1.54) is 6.20 Å². The summed E-state index contributed by atoms with van der Waals surface area (Å²) in [4.78, 5) is 4.09. The van der Waals surface area contributed by atoms with Gasteiger partial charge in [-0.3, -0.25) is 4.68 Å². The lowest BCUT2D eigenvalue weighted by Gasteiger charge is -2.19. The van der Waals surface area contributed by atoms with E-state index in [0.29, 0.717) is 19.0 Å². The molecule has 132 valence electrons. The third-order valence-corrected chi connectivity index (χ3v) is 5.75. The van der Waals surface area contributed by atoms with Gasteiger partial charge in [0.05, 0.1) is 5.69 Å². The van der Waals surface area contributed by atoms with E-state index in [1.54, 1.807) is 24.7 Å². The number of nitrogens with zero attached hydrogens (tertiary/aromatic N) is 4. The average Bonchev–Trinajstić information content (AvgIpc) is 3.25. The average molecular weight is 353 g/mol. The molecule has 1 saturated heterocycles. The number of hydrogen-bond acceptors (Lipinski definition) is 5. The van der Waals surface area contributed by atoms with Gasteiger partial charge in [-0.05, 0) is 26.3 Å². The van der Waals surface area contributed by atoms with Crippen molar-refractivity contribution in [2.24, 2.45) is 13.0 Å². The predicted octanol–water partition coefficient (Wildman–Crippen LogP) is 1.00. The van der Waals surface area contributed by atoms with Crippen molar-refractivity contribution in [1.82, 2.24) is 24.1 Å². The zero-order valence-corrected chi connectivity index (χ0v) is 15.0. The second-order valence-corrected chi connectivity index (χ2v) is 7.71. The Morgan fingerprint density at radius 2 is 2.25 bits per heavy atom. The summed E-state index contributed by atoms with van der Waals surface area (Å²) in [5.41, 5.74) is 0.993. The molecule has 3 rings (SSSR count). The molecule has 0 saturated carbocycles. The molecule has 2 atom stereocenters. The Labute approximate surface area is 141 Å². The zero-order chi connectivity index (χ0) is 17.3. The summed E-state index contributed by atoms with van der Waals surface area (Å²) in [5.74, 6) is 0.732. The topological polar surface area (TPSA) is 91.0 Å². The van der Waals surface area contributed by atoms with Crippen molar-refractivity contribution in [2.45, 2.75) is 37.9 Å². The first-order chi connectivity index (χ1) is 11.4. The number of rotatable bonds is 6. The zero-order valence-electron chi connectivity index (χ0n) is 14.1. The van der Waals surface area contributed by atoms with Gasteiger partial charge in [0.15, 0.2) is 5.03 Å². The summed E-state index contributed by atoms with van der Waals surface area (Å²) >= 11 is 0. The Bertz CT molecular complexity index is 791. The Morgan fingerprint density at radius 3 is 2.92 bits per heavy atom. The number of aryl methyl sites for hydroxylation is 3. The van der Waals surface area contributed by atoms with Crippen molar-refractivity contribution >= 4 is 10.0 Å². The van der Waals surface area contributed by atoms with Gasteiger partial charge in [0.2, 0.25) is 0 Å². The Kier molecular flexibility index (Phi) is 4.75. The molecule has 1 aliphatic heterocycles. The molecule has 3 heterocycles. The molecule has 8 nitrogen and oxygen atoms in total. The van der Waals surface area contributed by atoms with Crippen molar-refractivity contribution < 1.29 is 13.2 Å². The van der Waals surface area contributed by atoms with Crippen LogP contribution in [0.4, 0.5) is 0 Å². The molecule has 24 heavy (non-hydrogen) atoms. The third-order valence-electron chi connectivity index (χ3n) is 4.45. The van der Waals surface area contributed by atoms with E-state index in [4.69, 9.17) is 4.74 Å². The van der Waals surface area contributed by atoms with Gasteiger partial charge in [-0.15, -0.1) is 0 Å². The largest absolute Gasteiger partial charge is 0.372 e. The van der Waals surface area contributed by atoms with Crippen LogP contribution in [0.2, 0.25) is 0 Å². The Morgan fingerprint density at radius 1 is 1.46 bits per heavy atom. The fourth-order valence-corrected chi connectivity index (χ4v) is 4.10. The highest BCUT2D eigenvalue weighted by atomic mass is 32.2. The Hall–Kier alpha value is -1.71. The molecule has 1 N–H and O–H groups in total. The van der Waals surface area contributed by atoms with Crippen LogP contribution in [0.3, 0.4) is 0 Å². The van der Waals surface area contributed by atoms with Gasteiger partial charge in [0.25, 0.3) is 10.0 Å². The first-order valence-electron chi connectivity index (χ1n) is 8.05. The second kappa shape index (κ2) is 6.66. The molecular formula is C15H23N5O3S. The maximum atomic E-state index is 12.4. The monoisotopic (exact) mass is 353 g/mol. The molecular weight excluding hydrogens is 330 g/mol. The maximum Gasteiger partial charge on any atom is 0.259 e. The summed E-state index contributed by atoms with van der Waals surface area (Å²) in [5, 5.41) is 4.32. The maximum absolute atomic E-state index is 12.4. The normalized spacial score (nSPS) is 21.5. The highest BCUT2D eigenvalue weighted by molar-refractivity contribution is 7.89. The first-order valence-corrected chi connectivity index (χ1v) is 9.53. The number of nitrogens with one attached hydrogen (secondary N) is 1. The van der Waals surface area contributed by atoms with Crippen LogP contribution in [-0.2, 0) is 28.4 Å². The summed E-state index contributed by atoms with van der Waals surface area (Å²) in [6, 6.07) is 1.93. The van der Waals surface area contributed by atoms with E-state index < -0.39 is 10.0 Å². The molecule has 0 unspecified atom stereocenters. The van der Waals surface area contributed by atoms with E-state index in [-0.39, 0.29) is 17.0 Å². The van der Waals surface area contributed by atoms with Crippen molar-refractivity contribution in [3.63, 3.8) is 0 Å². The van der Waals surface area contributed by atoms with Crippen LogP contribution in [0.5, 0.6) is 0 Å². The minimum Gasteiger partial charge on any atom is -0.372 e. The molecule has 2 aromatic heterocycles. The molecule has 1 aliphatic rings. The SMILES string of the molecule is CCn1nccc1[C@@H]1OCC[C@H]1CNS(=O)(=O)c1cn(C)c(C)n1. The molecule has 0 spiro atoms. The van der Waals surface area contributed by atoms with Gasteiger partial charge < -0.3 is 9.30 Å². The predicted molar refractivity (Wildman–Crippen MR) is 87.8 cm³/mol. The van der Waals surface area contributed by atoms with Gasteiger partial charge in [0, 0.05) is 45.1 Å². The smallest absolute Gasteiger partial charge is 0.259 e. The van der Waals surface area contributed by atoms with E-state index >= 15 is 0 Å². The number of hydrogen-bond donors (Lipinski definition) is 1. The molecule has 9 heteroatoms. The van der Waals surface area contributed by atoms with Gasteiger partial charge in [-0.2, -0.15) is 5.10 Å². The molecule has 1 fully saturated rings. The van der Waals surface area contributed by atoms with E-state index in [9.17, 15) is 8.42 Å². The Balaban J connectivity index is 1.71. The number of sulfonamides is 1. The fourth-order valence-electron chi connectivity index (χ4n) is 2.97. The van der Waals surface area contributed by atoms with Crippen molar-refractivity contribution in [2.75, 3.05) is 13.2 Å². The molecule has 0 amide bonds. The fraction of sp³-hybridized carbons (Fsp3) is 0.600. The minimum atomic E-state index is -3.62. The van der Waals surface area contributed by atoms with Gasteiger partial charge >= 0.3 is 0 Å². The molecule has 0 radical (unpaired) electrons. The number of imidazole rings is 1. The van der Waals surface area contributed by atoms with Crippen LogP contribution in [0.15, 0.2) is 23.5 Å². The number of ether oxygens (including phenoxy) is 1. The minimum absolute atomic E-state index is 0.0524. The summed E-state index contributed by atoms with van der Waals surface area (Å²) in [7, 11) is -1.85. The van der Waals surface area contributed by atoms with Crippen LogP contribution in [0.1, 0.15) is 31.0 Å². The molecule has 0 bridgehead atoms. The standard InChI is InChI=1S/C15H23N5O3S/c1-4-20-13(5-7-16-20)15-12(6-8-23-15)9-17-24(21,22)14-10-19(3)11(2)18-14/h5,7,10,12,15,17H,4,6,8-9H2,1-3H3/t12-,15+/m0/s1. The second-order valence-electron chi connectivity index (χ2n) is 6.00. The first kappa shape index (κ1) is 17.1. The van der Waals surface area contributed by atoms with Gasteiger partial charge in [-0.25, -0.2) is 18.1 Å². The molecule has 2 aromatic rings. The van der Waals surface area contributed by atoms with Crippen LogP contribution in [0.25, 0.3) is 0 Å². The van der Waals surface area contributed by atoms with Crippen LogP contribution in [-0.4, -0.2) is 40.9 Å². The van der Waals surface area contributed by atoms with E-state index in [1.807, 2.05) is 17.7 Å². The lowest BCUT2D eigenvalue weighted by atomic mass is 9.99. The summed E-state index contributed by atoms with van der Waals surface area (Å²) in [6.07, 6.45) is 3.94. The summed E-state index contributed by atoms with van der Waals surface area (Å²) < 4.78 is 36.9. The third kappa shape index (κ3) is 3.24. The van der Waals surface area contributed by atoms with Crippen molar-refractivity contribution in [3.05, 3.63) is 30.0 Å².